The lowest BCUT2D eigenvalue weighted by Gasteiger charge is -2.24. The fraction of sp³-hybridized carbons (Fsp3) is 0.364. The third kappa shape index (κ3) is 2.80. The quantitative estimate of drug-likeness (QED) is 0.616. The first kappa shape index (κ1) is 10.6. The summed E-state index contributed by atoms with van der Waals surface area (Å²) in [6.07, 6.45) is 1.46. The molecule has 0 spiro atoms. The van der Waals surface area contributed by atoms with Crippen LogP contribution in [0.5, 0.6) is 0 Å². The van der Waals surface area contributed by atoms with Gasteiger partial charge in [0.1, 0.15) is 0 Å². The third-order valence-corrected chi connectivity index (χ3v) is 2.32. The summed E-state index contributed by atoms with van der Waals surface area (Å²) < 4.78 is 0. The number of nitrogens with zero attached hydrogens (tertiary/aromatic N) is 1. The Balaban J connectivity index is 0.000000293. The molecule has 0 N–H and O–H groups in total. The monoisotopic (exact) mass is 191 g/mol. The number of likely N-dealkylation sites (N-methyl/N-ethyl adjacent to an activating group) is 1. The van der Waals surface area contributed by atoms with Gasteiger partial charge in [-0.25, -0.2) is 0 Å². The summed E-state index contributed by atoms with van der Waals surface area (Å²) in [7, 11) is 2.18. The largest absolute Gasteiger partial charge is 0.373 e. The zero-order valence-corrected chi connectivity index (χ0v) is 8.19. The Morgan fingerprint density at radius 1 is 1.21 bits per heavy atom. The van der Waals surface area contributed by atoms with Crippen molar-refractivity contribution >= 4 is 6.15 Å². The maximum absolute atomic E-state index is 8.12. The van der Waals surface area contributed by atoms with Crippen molar-refractivity contribution in [2.75, 3.05) is 13.6 Å². The van der Waals surface area contributed by atoms with Crippen LogP contribution < -0.4 is 0 Å². The summed E-state index contributed by atoms with van der Waals surface area (Å²) in [5, 5.41) is 0. The molecule has 1 aliphatic rings. The molecule has 1 aromatic rings. The van der Waals surface area contributed by atoms with Gasteiger partial charge in [0.15, 0.2) is 0 Å². The van der Waals surface area contributed by atoms with E-state index in [9.17, 15) is 0 Å². The highest BCUT2D eigenvalue weighted by Gasteiger charge is 2.10. The van der Waals surface area contributed by atoms with E-state index in [-0.39, 0.29) is 6.15 Å². The first-order valence-corrected chi connectivity index (χ1v) is 4.52. The maximum Gasteiger partial charge on any atom is 0.373 e. The van der Waals surface area contributed by atoms with Crippen molar-refractivity contribution in [2.24, 2.45) is 0 Å². The van der Waals surface area contributed by atoms with E-state index < -0.39 is 0 Å². The van der Waals surface area contributed by atoms with Crippen LogP contribution in [0.3, 0.4) is 0 Å². The summed E-state index contributed by atoms with van der Waals surface area (Å²) in [5.41, 5.74) is 3.03. The van der Waals surface area contributed by atoms with Crippen molar-refractivity contribution in [1.82, 2.24) is 4.90 Å². The highest BCUT2D eigenvalue weighted by molar-refractivity contribution is 5.28. The highest BCUT2D eigenvalue weighted by atomic mass is 16.2. The van der Waals surface area contributed by atoms with Gasteiger partial charge in [-0.1, -0.05) is 24.3 Å². The first-order valence-electron chi connectivity index (χ1n) is 4.52. The standard InChI is InChI=1S/C10H13N.CO2/c1-11-7-6-9-4-2-3-5-10(9)8-11;2-1-3/h2-5H,6-8H2,1H3;. The average Bonchev–Trinajstić information content (AvgIpc) is 2.19. The molecule has 0 unspecified atom stereocenters. The number of carbonyl (C=O) groups excluding carboxylic acids is 2. The van der Waals surface area contributed by atoms with E-state index in [0.717, 1.165) is 6.54 Å². The lowest BCUT2D eigenvalue weighted by atomic mass is 10.0. The minimum Gasteiger partial charge on any atom is -0.302 e. The van der Waals surface area contributed by atoms with E-state index in [1.807, 2.05) is 0 Å². The van der Waals surface area contributed by atoms with E-state index in [1.54, 1.807) is 0 Å². The number of fused-ring (bicyclic) bond motifs is 1. The van der Waals surface area contributed by atoms with Gasteiger partial charge in [0, 0.05) is 13.1 Å². The van der Waals surface area contributed by atoms with Crippen LogP contribution in [0, 0.1) is 0 Å². The van der Waals surface area contributed by atoms with Crippen LogP contribution in [-0.2, 0) is 22.6 Å². The lowest BCUT2D eigenvalue weighted by molar-refractivity contribution is -0.191. The van der Waals surface area contributed by atoms with Gasteiger partial charge in [-0.05, 0) is 24.6 Å². The Morgan fingerprint density at radius 2 is 1.79 bits per heavy atom. The summed E-state index contributed by atoms with van der Waals surface area (Å²) in [5.74, 6) is 0. The smallest absolute Gasteiger partial charge is 0.302 e. The Labute approximate surface area is 83.3 Å². The van der Waals surface area contributed by atoms with Crippen molar-refractivity contribution in [1.29, 1.82) is 0 Å². The minimum atomic E-state index is 0.250. The van der Waals surface area contributed by atoms with E-state index in [0.29, 0.717) is 0 Å². The van der Waals surface area contributed by atoms with Gasteiger partial charge in [0.05, 0.1) is 0 Å². The fourth-order valence-corrected chi connectivity index (χ4v) is 1.64. The van der Waals surface area contributed by atoms with Crippen LogP contribution in [0.1, 0.15) is 11.1 Å². The number of rotatable bonds is 0. The lowest BCUT2D eigenvalue weighted by Crippen LogP contribution is -2.26. The molecule has 0 amide bonds. The molecule has 2 rings (SSSR count). The van der Waals surface area contributed by atoms with Crippen LogP contribution in [-0.4, -0.2) is 24.6 Å². The predicted molar refractivity (Wildman–Crippen MR) is 51.5 cm³/mol. The van der Waals surface area contributed by atoms with E-state index >= 15 is 0 Å². The Bertz CT molecular complexity index is 330. The van der Waals surface area contributed by atoms with Crippen LogP contribution in [0.4, 0.5) is 0 Å². The fourth-order valence-electron chi connectivity index (χ4n) is 1.64. The molecule has 0 saturated heterocycles. The second kappa shape index (κ2) is 5.32. The molecule has 0 bridgehead atoms. The predicted octanol–water partition coefficient (Wildman–Crippen LogP) is 1.09. The third-order valence-electron chi connectivity index (χ3n) is 2.32. The molecule has 0 aromatic heterocycles. The highest BCUT2D eigenvalue weighted by Crippen LogP contribution is 2.16. The normalized spacial score (nSPS) is 14.6. The van der Waals surface area contributed by atoms with E-state index in [4.69, 9.17) is 9.59 Å². The van der Waals surface area contributed by atoms with Crippen LogP contribution in [0.15, 0.2) is 24.3 Å². The van der Waals surface area contributed by atoms with Gasteiger partial charge in [-0.2, -0.15) is 9.59 Å². The van der Waals surface area contributed by atoms with E-state index in [2.05, 4.69) is 36.2 Å². The van der Waals surface area contributed by atoms with Crippen LogP contribution in [0.2, 0.25) is 0 Å². The Morgan fingerprint density at radius 3 is 2.43 bits per heavy atom. The van der Waals surface area contributed by atoms with Crippen LogP contribution in [0.25, 0.3) is 0 Å². The molecule has 0 radical (unpaired) electrons. The molecule has 0 atom stereocenters. The summed E-state index contributed by atoms with van der Waals surface area (Å²) >= 11 is 0. The number of hydrogen-bond acceptors (Lipinski definition) is 3. The van der Waals surface area contributed by atoms with Gasteiger partial charge in [-0.3, -0.25) is 0 Å². The molecule has 0 fully saturated rings. The SMILES string of the molecule is CN1CCc2ccccc2C1.O=C=O. The molecular weight excluding hydrogens is 178 g/mol. The van der Waals surface area contributed by atoms with Crippen LogP contribution >= 0.6 is 0 Å². The van der Waals surface area contributed by atoms with Crippen molar-refractivity contribution in [3.63, 3.8) is 0 Å². The molecular formula is C11H13NO2. The Hall–Kier alpha value is -1.44. The Kier molecular flexibility index (Phi) is 4.05. The van der Waals surface area contributed by atoms with Gasteiger partial charge in [0.2, 0.25) is 0 Å². The number of benzene rings is 1. The molecule has 1 aromatic carbocycles. The maximum atomic E-state index is 8.12. The molecule has 74 valence electrons. The zero-order chi connectivity index (χ0) is 10.4. The average molecular weight is 191 g/mol. The molecule has 1 aliphatic heterocycles. The minimum absolute atomic E-state index is 0.250. The number of hydrogen-bond donors (Lipinski definition) is 0. The van der Waals surface area contributed by atoms with Gasteiger partial charge >= 0.3 is 6.15 Å². The molecule has 1 heterocycles. The summed E-state index contributed by atoms with van der Waals surface area (Å²) in [4.78, 5) is 18.6. The topological polar surface area (TPSA) is 37.4 Å². The van der Waals surface area contributed by atoms with Crippen molar-refractivity contribution < 1.29 is 9.59 Å². The molecule has 3 nitrogen and oxygen atoms in total. The first-order chi connectivity index (χ1) is 6.77. The van der Waals surface area contributed by atoms with E-state index in [1.165, 1.54) is 24.1 Å². The summed E-state index contributed by atoms with van der Waals surface area (Å²) in [6.45, 7) is 2.33. The van der Waals surface area contributed by atoms with Crippen molar-refractivity contribution in [3.8, 4) is 0 Å². The van der Waals surface area contributed by atoms with Gasteiger partial charge < -0.3 is 4.90 Å². The second-order valence-corrected chi connectivity index (χ2v) is 3.34. The molecule has 3 heteroatoms. The van der Waals surface area contributed by atoms with Crippen molar-refractivity contribution in [2.45, 2.75) is 13.0 Å². The zero-order valence-electron chi connectivity index (χ0n) is 8.19. The molecule has 14 heavy (non-hydrogen) atoms. The van der Waals surface area contributed by atoms with Crippen molar-refractivity contribution in [3.05, 3.63) is 35.4 Å². The van der Waals surface area contributed by atoms with Gasteiger partial charge in [0.25, 0.3) is 0 Å². The molecule has 0 aliphatic carbocycles. The van der Waals surface area contributed by atoms with Gasteiger partial charge in [-0.15, -0.1) is 0 Å². The summed E-state index contributed by atoms with van der Waals surface area (Å²) in [6, 6.07) is 8.72. The molecule has 0 saturated carbocycles. The second-order valence-electron chi connectivity index (χ2n) is 3.34.